The van der Waals surface area contributed by atoms with Crippen molar-refractivity contribution in [1.82, 2.24) is 10.3 Å². The first-order chi connectivity index (χ1) is 7.11. The number of aliphatic hydroxyl groups excluding tert-OH is 1. The van der Waals surface area contributed by atoms with Crippen molar-refractivity contribution >= 4 is 0 Å². The number of hydrogen-bond acceptors (Lipinski definition) is 6. The summed E-state index contributed by atoms with van der Waals surface area (Å²) in [5.74, 6) is 0.563. The molecule has 90 valence electrons. The van der Waals surface area contributed by atoms with E-state index in [-0.39, 0.29) is 18.2 Å². The molecule has 6 heteroatoms. The van der Waals surface area contributed by atoms with E-state index >= 15 is 0 Å². The predicted octanol–water partition coefficient (Wildman–Crippen LogP) is 0.439. The Morgan fingerprint density at radius 2 is 1.80 bits per heavy atom. The lowest BCUT2D eigenvalue weighted by Gasteiger charge is -2.30. The molecule has 0 aliphatic heterocycles. The highest BCUT2D eigenvalue weighted by Crippen LogP contribution is 2.26. The van der Waals surface area contributed by atoms with Crippen molar-refractivity contribution in [1.29, 1.82) is 0 Å². The van der Waals surface area contributed by atoms with Gasteiger partial charge in [-0.25, -0.2) is 4.84 Å². The molecule has 3 N–H and O–H groups in total. The van der Waals surface area contributed by atoms with Crippen molar-refractivity contribution in [3.05, 3.63) is 0 Å². The van der Waals surface area contributed by atoms with E-state index in [4.69, 9.17) is 20.4 Å². The van der Waals surface area contributed by atoms with Crippen molar-refractivity contribution in [3.63, 3.8) is 0 Å². The van der Waals surface area contributed by atoms with Gasteiger partial charge in [0.15, 0.2) is 0 Å². The van der Waals surface area contributed by atoms with Crippen LogP contribution < -0.4 is 0 Å². The molecule has 1 aliphatic carbocycles. The van der Waals surface area contributed by atoms with Crippen molar-refractivity contribution in [2.75, 3.05) is 20.3 Å². The van der Waals surface area contributed by atoms with E-state index in [9.17, 15) is 0 Å². The first-order valence-electron chi connectivity index (χ1n) is 5.26. The summed E-state index contributed by atoms with van der Waals surface area (Å²) in [6, 6.07) is 0. The molecule has 1 rings (SSSR count). The van der Waals surface area contributed by atoms with Gasteiger partial charge in [0.25, 0.3) is 0 Å². The monoisotopic (exact) mass is 220 g/mol. The smallest absolute Gasteiger partial charge is 0.0954 e. The Labute approximate surface area is 89.5 Å². The van der Waals surface area contributed by atoms with Gasteiger partial charge in [0, 0.05) is 6.54 Å². The average Bonchev–Trinajstić information content (AvgIpc) is 2.20. The summed E-state index contributed by atoms with van der Waals surface area (Å²) in [6.07, 6.45) is 3.52. The van der Waals surface area contributed by atoms with Crippen LogP contribution in [-0.4, -0.2) is 52.2 Å². The Kier molecular flexibility index (Phi) is 5.44. The molecule has 0 unspecified atom stereocenters. The Balaban J connectivity index is 2.18. The minimum Gasteiger partial charge on any atom is -0.381 e. The summed E-state index contributed by atoms with van der Waals surface area (Å²) in [7, 11) is 1.88. The summed E-state index contributed by atoms with van der Waals surface area (Å²) in [6.45, 7) is 0.961. The van der Waals surface area contributed by atoms with Crippen LogP contribution in [0.4, 0.5) is 0 Å². The molecule has 0 aromatic heterocycles. The molecule has 0 aromatic carbocycles. The molecule has 1 aliphatic rings. The van der Waals surface area contributed by atoms with Crippen LogP contribution in [-0.2, 0) is 4.84 Å². The lowest BCUT2D eigenvalue weighted by molar-refractivity contribution is -0.506. The highest BCUT2D eigenvalue weighted by Gasteiger charge is 2.23. The number of aliphatic hydroxyl groups is 1. The van der Waals surface area contributed by atoms with Crippen molar-refractivity contribution < 1.29 is 20.4 Å². The first kappa shape index (κ1) is 12.8. The van der Waals surface area contributed by atoms with Crippen LogP contribution in [0.1, 0.15) is 25.7 Å². The van der Waals surface area contributed by atoms with Crippen molar-refractivity contribution in [2.24, 2.45) is 5.92 Å². The number of rotatable bonds is 5. The molecule has 6 nitrogen and oxygen atoms in total. The zero-order chi connectivity index (χ0) is 11.3. The molecular weight excluding hydrogens is 200 g/mol. The Bertz CT molecular complexity index is 171. The Hall–Kier alpha value is -0.240. The standard InChI is InChI=1S/C9H20N2O4/c1-10(7-12)6-8-2-4-9(5-3-8)15-11(13)14/h8-9,12-14H,2-7H2,1H3. The van der Waals surface area contributed by atoms with E-state index in [1.54, 1.807) is 0 Å². The van der Waals surface area contributed by atoms with Gasteiger partial charge < -0.3 is 5.11 Å². The van der Waals surface area contributed by atoms with Crippen LogP contribution in [0, 0.1) is 5.92 Å². The quantitative estimate of drug-likeness (QED) is 0.461. The van der Waals surface area contributed by atoms with Crippen LogP contribution >= 0.6 is 0 Å². The van der Waals surface area contributed by atoms with Gasteiger partial charge in [-0.05, 0) is 38.6 Å². The molecule has 1 fully saturated rings. The zero-order valence-corrected chi connectivity index (χ0v) is 9.04. The second-order valence-electron chi connectivity index (χ2n) is 4.18. The normalized spacial score (nSPS) is 27.6. The fraction of sp³-hybridized carbons (Fsp3) is 1.00. The van der Waals surface area contributed by atoms with E-state index < -0.39 is 0 Å². The van der Waals surface area contributed by atoms with Crippen molar-refractivity contribution in [3.8, 4) is 0 Å². The molecule has 0 heterocycles. The fourth-order valence-electron chi connectivity index (χ4n) is 2.05. The third-order valence-electron chi connectivity index (χ3n) is 2.85. The number of hydrogen-bond donors (Lipinski definition) is 3. The van der Waals surface area contributed by atoms with Gasteiger partial charge in [0.1, 0.15) is 0 Å². The Morgan fingerprint density at radius 1 is 1.20 bits per heavy atom. The topological polar surface area (TPSA) is 76.4 Å². The summed E-state index contributed by atoms with van der Waals surface area (Å²) in [4.78, 5) is 6.62. The molecule has 1 saturated carbocycles. The molecule has 0 spiro atoms. The third-order valence-corrected chi connectivity index (χ3v) is 2.85. The predicted molar refractivity (Wildman–Crippen MR) is 52.0 cm³/mol. The second-order valence-corrected chi connectivity index (χ2v) is 4.18. The van der Waals surface area contributed by atoms with E-state index in [0.717, 1.165) is 32.2 Å². The van der Waals surface area contributed by atoms with Crippen LogP contribution in [0.15, 0.2) is 0 Å². The molecule has 0 amide bonds. The minimum absolute atomic E-state index is 0.0808. The van der Waals surface area contributed by atoms with Crippen LogP contribution in [0.5, 0.6) is 0 Å². The van der Waals surface area contributed by atoms with E-state index in [2.05, 4.69) is 0 Å². The largest absolute Gasteiger partial charge is 0.381 e. The summed E-state index contributed by atoms with van der Waals surface area (Å²) >= 11 is 0. The molecule has 0 bridgehead atoms. The maximum atomic E-state index is 8.86. The molecule has 0 atom stereocenters. The van der Waals surface area contributed by atoms with Gasteiger partial charge in [-0.15, -0.1) is 0 Å². The Morgan fingerprint density at radius 3 is 2.27 bits per heavy atom. The van der Waals surface area contributed by atoms with E-state index in [0.29, 0.717) is 5.92 Å². The summed E-state index contributed by atoms with van der Waals surface area (Å²) < 4.78 is 0. The van der Waals surface area contributed by atoms with Crippen LogP contribution in [0.3, 0.4) is 0 Å². The molecule has 0 radical (unpaired) electrons. The molecular formula is C9H20N2O4. The first-order valence-corrected chi connectivity index (χ1v) is 5.26. The SMILES string of the molecule is CN(CO)CC1CCC(ON(O)O)CC1. The van der Waals surface area contributed by atoms with Gasteiger partial charge in [0.2, 0.25) is 0 Å². The highest BCUT2D eigenvalue weighted by molar-refractivity contribution is 4.73. The van der Waals surface area contributed by atoms with E-state index in [1.165, 1.54) is 0 Å². The van der Waals surface area contributed by atoms with E-state index in [1.807, 2.05) is 11.9 Å². The maximum absolute atomic E-state index is 8.86. The van der Waals surface area contributed by atoms with Gasteiger partial charge in [0.05, 0.1) is 18.2 Å². The second kappa shape index (κ2) is 6.37. The highest BCUT2D eigenvalue weighted by atomic mass is 17.1. The average molecular weight is 220 g/mol. The van der Waals surface area contributed by atoms with Crippen LogP contribution in [0.2, 0.25) is 0 Å². The lowest BCUT2D eigenvalue weighted by Crippen LogP contribution is -2.33. The fourth-order valence-corrected chi connectivity index (χ4v) is 2.05. The number of nitrogens with zero attached hydrogens (tertiary/aromatic N) is 2. The van der Waals surface area contributed by atoms with Gasteiger partial charge >= 0.3 is 0 Å². The zero-order valence-electron chi connectivity index (χ0n) is 9.04. The summed E-state index contributed by atoms with van der Waals surface area (Å²) in [5, 5.41) is 25.6. The van der Waals surface area contributed by atoms with Gasteiger partial charge in [-0.1, -0.05) is 0 Å². The summed E-state index contributed by atoms with van der Waals surface area (Å²) in [5.41, 5.74) is 0. The van der Waals surface area contributed by atoms with Gasteiger partial charge in [-0.2, -0.15) is 0 Å². The molecule has 15 heavy (non-hydrogen) atoms. The van der Waals surface area contributed by atoms with Crippen LogP contribution in [0.25, 0.3) is 0 Å². The third kappa shape index (κ3) is 4.87. The maximum Gasteiger partial charge on any atom is 0.0954 e. The minimum atomic E-state index is -0.204. The molecule has 0 aromatic rings. The lowest BCUT2D eigenvalue weighted by atomic mass is 9.87. The van der Waals surface area contributed by atoms with Gasteiger partial charge in [-0.3, -0.25) is 15.3 Å². The molecule has 0 saturated heterocycles. The van der Waals surface area contributed by atoms with Crippen molar-refractivity contribution in [2.45, 2.75) is 31.8 Å².